The SMILES string of the molecule is Cn1cnnc1C(Cl)(c1cc(Cl)nc(C2CC2)c1)C1CC1. The smallest absolute Gasteiger partial charge is 0.158 e. The Balaban J connectivity index is 1.86. The van der Waals surface area contributed by atoms with Crippen molar-refractivity contribution in [2.45, 2.75) is 36.5 Å². The van der Waals surface area contributed by atoms with Gasteiger partial charge >= 0.3 is 0 Å². The number of alkyl halides is 1. The van der Waals surface area contributed by atoms with Crippen molar-refractivity contribution in [1.82, 2.24) is 19.7 Å². The van der Waals surface area contributed by atoms with E-state index in [9.17, 15) is 0 Å². The molecule has 0 radical (unpaired) electrons. The van der Waals surface area contributed by atoms with Crippen molar-refractivity contribution in [2.24, 2.45) is 13.0 Å². The zero-order valence-corrected chi connectivity index (χ0v) is 13.3. The molecule has 21 heavy (non-hydrogen) atoms. The van der Waals surface area contributed by atoms with E-state index in [4.69, 9.17) is 23.2 Å². The minimum absolute atomic E-state index is 0.382. The maximum atomic E-state index is 7.09. The summed E-state index contributed by atoms with van der Waals surface area (Å²) in [7, 11) is 1.93. The monoisotopic (exact) mass is 322 g/mol. The van der Waals surface area contributed by atoms with Crippen molar-refractivity contribution in [2.75, 3.05) is 0 Å². The summed E-state index contributed by atoms with van der Waals surface area (Å²) < 4.78 is 1.90. The minimum atomic E-state index is -0.651. The quantitative estimate of drug-likeness (QED) is 0.637. The van der Waals surface area contributed by atoms with Crippen molar-refractivity contribution in [3.05, 3.63) is 40.7 Å². The molecule has 2 aliphatic carbocycles. The predicted molar refractivity (Wildman–Crippen MR) is 81.6 cm³/mol. The lowest BCUT2D eigenvalue weighted by Gasteiger charge is -2.27. The molecule has 0 aliphatic heterocycles. The molecular weight excluding hydrogens is 307 g/mol. The predicted octanol–water partition coefficient (Wildman–Crippen LogP) is 3.63. The van der Waals surface area contributed by atoms with E-state index in [1.165, 1.54) is 12.8 Å². The first-order chi connectivity index (χ1) is 10.1. The summed E-state index contributed by atoms with van der Waals surface area (Å²) in [4.78, 5) is 3.81. The number of hydrogen-bond donors (Lipinski definition) is 0. The van der Waals surface area contributed by atoms with Gasteiger partial charge in [-0.2, -0.15) is 0 Å². The van der Waals surface area contributed by atoms with Crippen LogP contribution in [0.5, 0.6) is 0 Å². The highest BCUT2D eigenvalue weighted by atomic mass is 35.5. The van der Waals surface area contributed by atoms with Gasteiger partial charge in [0.2, 0.25) is 0 Å². The molecule has 2 aliphatic rings. The van der Waals surface area contributed by atoms with Crippen LogP contribution in [-0.4, -0.2) is 19.7 Å². The maximum Gasteiger partial charge on any atom is 0.158 e. The lowest BCUT2D eigenvalue weighted by molar-refractivity contribution is 0.559. The largest absolute Gasteiger partial charge is 0.319 e. The second kappa shape index (κ2) is 4.68. The second-order valence-corrected chi connectivity index (χ2v) is 7.11. The molecule has 4 rings (SSSR count). The fourth-order valence-corrected chi connectivity index (χ4v) is 3.67. The van der Waals surface area contributed by atoms with E-state index in [-0.39, 0.29) is 0 Å². The number of hydrogen-bond acceptors (Lipinski definition) is 3. The third kappa shape index (κ3) is 2.25. The first kappa shape index (κ1) is 13.5. The van der Waals surface area contributed by atoms with Crippen LogP contribution in [0.25, 0.3) is 0 Å². The molecule has 2 aromatic heterocycles. The third-order valence-corrected chi connectivity index (χ3v) is 5.30. The second-order valence-electron chi connectivity index (χ2n) is 6.13. The average molecular weight is 323 g/mol. The Morgan fingerprint density at radius 3 is 2.57 bits per heavy atom. The Morgan fingerprint density at radius 1 is 1.24 bits per heavy atom. The summed E-state index contributed by atoms with van der Waals surface area (Å²) in [5, 5.41) is 8.77. The van der Waals surface area contributed by atoms with Gasteiger partial charge in [0.1, 0.15) is 16.4 Å². The standard InChI is InChI=1S/C15H16Cl2N4/c1-21-8-18-20-14(21)15(17,10-4-5-10)11-6-12(9-2-3-9)19-13(16)7-11/h6-10H,2-5H2,1H3. The highest BCUT2D eigenvalue weighted by molar-refractivity contribution is 6.30. The van der Waals surface area contributed by atoms with E-state index >= 15 is 0 Å². The van der Waals surface area contributed by atoms with E-state index in [1.807, 2.05) is 17.7 Å². The first-order valence-electron chi connectivity index (χ1n) is 7.30. The van der Waals surface area contributed by atoms with Gasteiger partial charge < -0.3 is 4.57 Å². The number of aromatic nitrogens is 4. The third-order valence-electron chi connectivity index (χ3n) is 4.41. The molecule has 1 unspecified atom stereocenters. The molecule has 0 N–H and O–H groups in total. The van der Waals surface area contributed by atoms with E-state index in [0.717, 1.165) is 29.9 Å². The molecule has 110 valence electrons. The van der Waals surface area contributed by atoms with Crippen LogP contribution < -0.4 is 0 Å². The number of pyridine rings is 1. The number of aryl methyl sites for hydroxylation is 1. The van der Waals surface area contributed by atoms with Crippen LogP contribution in [0.15, 0.2) is 18.5 Å². The Kier molecular flexibility index (Phi) is 3.02. The van der Waals surface area contributed by atoms with Crippen molar-refractivity contribution >= 4 is 23.2 Å². The molecule has 0 spiro atoms. The van der Waals surface area contributed by atoms with Crippen LogP contribution in [-0.2, 0) is 11.9 Å². The summed E-state index contributed by atoms with van der Waals surface area (Å²) in [6.07, 6.45) is 6.29. The Labute approximate surface area is 133 Å². The van der Waals surface area contributed by atoms with Gasteiger partial charge in [-0.05, 0) is 49.3 Å². The fourth-order valence-electron chi connectivity index (χ4n) is 2.96. The van der Waals surface area contributed by atoms with Crippen LogP contribution in [0.4, 0.5) is 0 Å². The summed E-state index contributed by atoms with van der Waals surface area (Å²) in [5.41, 5.74) is 2.06. The average Bonchev–Trinajstić information content (AvgIpc) is 3.35. The van der Waals surface area contributed by atoms with Gasteiger partial charge in [0.15, 0.2) is 5.82 Å². The molecule has 0 bridgehead atoms. The molecule has 1 atom stereocenters. The summed E-state index contributed by atoms with van der Waals surface area (Å²) in [6.45, 7) is 0. The van der Waals surface area contributed by atoms with Crippen LogP contribution in [0, 0.1) is 5.92 Å². The van der Waals surface area contributed by atoms with Gasteiger partial charge in [0.25, 0.3) is 0 Å². The summed E-state index contributed by atoms with van der Waals surface area (Å²) >= 11 is 13.3. The van der Waals surface area contributed by atoms with Crippen molar-refractivity contribution < 1.29 is 0 Å². The van der Waals surface area contributed by atoms with Gasteiger partial charge in [0, 0.05) is 18.7 Å². The first-order valence-corrected chi connectivity index (χ1v) is 8.06. The van der Waals surface area contributed by atoms with Gasteiger partial charge in [0.05, 0.1) is 0 Å². The molecule has 0 aromatic carbocycles. The summed E-state index contributed by atoms with van der Waals surface area (Å²) in [6, 6.07) is 4.00. The van der Waals surface area contributed by atoms with E-state index in [0.29, 0.717) is 17.0 Å². The number of halogens is 2. The van der Waals surface area contributed by atoms with E-state index in [2.05, 4.69) is 21.2 Å². The number of nitrogens with zero attached hydrogens (tertiary/aromatic N) is 4. The van der Waals surface area contributed by atoms with Crippen LogP contribution in [0.1, 0.15) is 48.7 Å². The molecule has 0 amide bonds. The molecule has 0 saturated heterocycles. The van der Waals surface area contributed by atoms with Crippen molar-refractivity contribution in [3.63, 3.8) is 0 Å². The maximum absolute atomic E-state index is 7.09. The van der Waals surface area contributed by atoms with Gasteiger partial charge in [-0.3, -0.25) is 0 Å². The molecule has 4 nitrogen and oxygen atoms in total. The van der Waals surface area contributed by atoms with Gasteiger partial charge in [-0.25, -0.2) is 4.98 Å². The minimum Gasteiger partial charge on any atom is -0.319 e. The summed E-state index contributed by atoms with van der Waals surface area (Å²) in [5.74, 6) is 1.71. The Bertz CT molecular complexity index is 691. The Hall–Kier alpha value is -1.13. The molecule has 2 aromatic rings. The lowest BCUT2D eigenvalue weighted by Crippen LogP contribution is -2.27. The van der Waals surface area contributed by atoms with E-state index < -0.39 is 4.87 Å². The van der Waals surface area contributed by atoms with Crippen molar-refractivity contribution in [3.8, 4) is 0 Å². The Morgan fingerprint density at radius 2 is 2.00 bits per heavy atom. The van der Waals surface area contributed by atoms with Crippen LogP contribution >= 0.6 is 23.2 Å². The topological polar surface area (TPSA) is 43.6 Å². The van der Waals surface area contributed by atoms with Gasteiger partial charge in [-0.1, -0.05) is 11.6 Å². The molecule has 2 heterocycles. The zero-order valence-electron chi connectivity index (χ0n) is 11.8. The highest BCUT2D eigenvalue weighted by Crippen LogP contribution is 2.54. The van der Waals surface area contributed by atoms with Gasteiger partial charge in [-0.15, -0.1) is 21.8 Å². The fraction of sp³-hybridized carbons (Fsp3) is 0.533. The zero-order chi connectivity index (χ0) is 14.6. The molecule has 2 saturated carbocycles. The van der Waals surface area contributed by atoms with Crippen molar-refractivity contribution in [1.29, 1.82) is 0 Å². The normalized spacial score (nSPS) is 21.3. The number of rotatable bonds is 4. The lowest BCUT2D eigenvalue weighted by atomic mass is 9.91. The molecular formula is C15H16Cl2N4. The van der Waals surface area contributed by atoms with Crippen LogP contribution in [0.2, 0.25) is 5.15 Å². The molecule has 6 heteroatoms. The highest BCUT2D eigenvalue weighted by Gasteiger charge is 2.50. The van der Waals surface area contributed by atoms with Crippen LogP contribution in [0.3, 0.4) is 0 Å². The van der Waals surface area contributed by atoms with E-state index in [1.54, 1.807) is 6.33 Å². The molecule has 2 fully saturated rings.